The van der Waals surface area contributed by atoms with E-state index < -0.39 is 0 Å². The molecule has 1 aromatic rings. The third-order valence-electron chi connectivity index (χ3n) is 1.88. The Morgan fingerprint density at radius 3 is 2.69 bits per heavy atom. The van der Waals surface area contributed by atoms with Gasteiger partial charge in [0, 0.05) is 6.42 Å². The van der Waals surface area contributed by atoms with Crippen molar-refractivity contribution in [2.24, 2.45) is 0 Å². The van der Waals surface area contributed by atoms with Gasteiger partial charge in [-0.15, -0.1) is 0 Å². The van der Waals surface area contributed by atoms with Crippen LogP contribution in [0.5, 0.6) is 0 Å². The molecule has 0 atom stereocenters. The number of halogens is 2. The molecule has 0 radical (unpaired) electrons. The zero-order chi connectivity index (χ0) is 9.68. The second-order valence-electron chi connectivity index (χ2n) is 2.99. The lowest BCUT2D eigenvalue weighted by molar-refractivity contribution is 0.490. The van der Waals surface area contributed by atoms with Crippen LogP contribution in [0, 0.1) is 3.70 Å². The summed E-state index contributed by atoms with van der Waals surface area (Å²) >= 11 is 7.78. The number of rotatable bonds is 5. The number of aromatic nitrogens is 1. The van der Waals surface area contributed by atoms with E-state index in [0.717, 1.165) is 22.3 Å². The van der Waals surface area contributed by atoms with Crippen molar-refractivity contribution in [3.05, 3.63) is 14.8 Å². The Kier molecular flexibility index (Phi) is 5.09. The predicted molar refractivity (Wildman–Crippen MR) is 62.1 cm³/mol. The summed E-state index contributed by atoms with van der Waals surface area (Å²) in [6, 6.07) is 0. The summed E-state index contributed by atoms with van der Waals surface area (Å²) in [5.74, 6) is 0.932. The minimum absolute atomic E-state index is 0.259. The second-order valence-corrected chi connectivity index (χ2v) is 4.34. The molecule has 0 fully saturated rings. The summed E-state index contributed by atoms with van der Waals surface area (Å²) in [6.07, 6.45) is 5.92. The van der Waals surface area contributed by atoms with E-state index in [1.807, 2.05) is 0 Å². The minimum atomic E-state index is 0.259. The Hall–Kier alpha value is 0.230. The Labute approximate surface area is 97.2 Å². The highest BCUT2D eigenvalue weighted by Gasteiger charge is 2.07. The van der Waals surface area contributed by atoms with E-state index in [1.165, 1.54) is 19.3 Å². The zero-order valence-electron chi connectivity index (χ0n) is 7.65. The Balaban J connectivity index is 2.32. The van der Waals surface area contributed by atoms with Crippen molar-refractivity contribution < 1.29 is 4.42 Å². The molecule has 74 valence electrons. The van der Waals surface area contributed by atoms with E-state index in [0.29, 0.717) is 0 Å². The van der Waals surface area contributed by atoms with Crippen LogP contribution in [0.2, 0.25) is 5.35 Å². The molecule has 0 amide bonds. The van der Waals surface area contributed by atoms with Crippen molar-refractivity contribution in [1.29, 1.82) is 0 Å². The molecule has 0 bridgehead atoms. The highest BCUT2D eigenvalue weighted by atomic mass is 127. The Morgan fingerprint density at radius 1 is 1.38 bits per heavy atom. The summed E-state index contributed by atoms with van der Waals surface area (Å²) < 4.78 is 6.14. The molecular formula is C9H13ClINO. The molecule has 0 unspecified atom stereocenters. The molecule has 13 heavy (non-hydrogen) atoms. The van der Waals surface area contributed by atoms with E-state index >= 15 is 0 Å². The highest BCUT2D eigenvalue weighted by molar-refractivity contribution is 14.1. The maximum Gasteiger partial charge on any atom is 0.293 e. The first-order valence-electron chi connectivity index (χ1n) is 4.54. The molecule has 0 spiro atoms. The van der Waals surface area contributed by atoms with Crippen LogP contribution in [-0.4, -0.2) is 4.98 Å². The molecule has 4 heteroatoms. The van der Waals surface area contributed by atoms with Gasteiger partial charge in [0.05, 0.1) is 0 Å². The van der Waals surface area contributed by atoms with Crippen molar-refractivity contribution in [3.63, 3.8) is 0 Å². The van der Waals surface area contributed by atoms with Crippen molar-refractivity contribution in [3.8, 4) is 0 Å². The highest BCUT2D eigenvalue weighted by Crippen LogP contribution is 2.19. The largest absolute Gasteiger partial charge is 0.432 e. The molecule has 0 saturated carbocycles. The third-order valence-corrected chi connectivity index (χ3v) is 2.89. The fourth-order valence-electron chi connectivity index (χ4n) is 1.17. The van der Waals surface area contributed by atoms with E-state index in [1.54, 1.807) is 0 Å². The summed E-state index contributed by atoms with van der Waals surface area (Å²) in [7, 11) is 0. The molecule has 0 saturated heterocycles. The van der Waals surface area contributed by atoms with Crippen LogP contribution < -0.4 is 0 Å². The van der Waals surface area contributed by atoms with Gasteiger partial charge in [0.2, 0.25) is 0 Å². The molecule has 1 heterocycles. The lowest BCUT2D eigenvalue weighted by Crippen LogP contribution is -1.86. The van der Waals surface area contributed by atoms with Crippen molar-refractivity contribution in [1.82, 2.24) is 4.98 Å². The minimum Gasteiger partial charge on any atom is -0.432 e. The maximum absolute atomic E-state index is 5.62. The number of oxazole rings is 1. The molecule has 0 aliphatic heterocycles. The van der Waals surface area contributed by atoms with Crippen molar-refractivity contribution in [2.75, 3.05) is 0 Å². The second kappa shape index (κ2) is 5.86. The maximum atomic E-state index is 5.62. The number of aryl methyl sites for hydroxylation is 1. The number of nitrogens with zero attached hydrogens (tertiary/aromatic N) is 1. The fourth-order valence-corrected chi connectivity index (χ4v) is 2.09. The Bertz CT molecular complexity index is 262. The van der Waals surface area contributed by atoms with Crippen molar-refractivity contribution in [2.45, 2.75) is 39.0 Å². The van der Waals surface area contributed by atoms with E-state index in [-0.39, 0.29) is 5.35 Å². The van der Waals surface area contributed by atoms with Crippen LogP contribution in [-0.2, 0) is 6.42 Å². The monoisotopic (exact) mass is 313 g/mol. The van der Waals surface area contributed by atoms with E-state index in [2.05, 4.69) is 34.5 Å². The smallest absolute Gasteiger partial charge is 0.293 e. The number of unbranched alkanes of at least 4 members (excludes halogenated alkanes) is 3. The lowest BCUT2D eigenvalue weighted by atomic mass is 10.1. The van der Waals surface area contributed by atoms with Crippen LogP contribution in [0.1, 0.15) is 38.4 Å². The van der Waals surface area contributed by atoms with Crippen LogP contribution in [0.3, 0.4) is 0 Å². The van der Waals surface area contributed by atoms with Gasteiger partial charge in [-0.1, -0.05) is 26.2 Å². The molecule has 0 aliphatic rings. The van der Waals surface area contributed by atoms with Gasteiger partial charge in [-0.3, -0.25) is 0 Å². The lowest BCUT2D eigenvalue weighted by Gasteiger charge is -1.96. The van der Waals surface area contributed by atoms with Gasteiger partial charge >= 0.3 is 0 Å². The van der Waals surface area contributed by atoms with Crippen molar-refractivity contribution >= 4 is 34.2 Å². The molecule has 1 rings (SSSR count). The first kappa shape index (κ1) is 11.3. The Morgan fingerprint density at radius 2 is 2.15 bits per heavy atom. The third kappa shape index (κ3) is 3.85. The fraction of sp³-hybridized carbons (Fsp3) is 0.667. The molecule has 0 aromatic carbocycles. The summed E-state index contributed by atoms with van der Waals surface area (Å²) in [4.78, 5) is 4.00. The summed E-state index contributed by atoms with van der Waals surface area (Å²) in [5.41, 5.74) is 0. The molecule has 1 aromatic heterocycles. The molecular weight excluding hydrogens is 300 g/mol. The predicted octanol–water partition coefficient (Wildman–Crippen LogP) is 4.06. The van der Waals surface area contributed by atoms with Gasteiger partial charge in [-0.2, -0.15) is 4.98 Å². The van der Waals surface area contributed by atoms with Gasteiger partial charge < -0.3 is 4.42 Å². The topological polar surface area (TPSA) is 26.0 Å². The summed E-state index contributed by atoms with van der Waals surface area (Å²) in [6.45, 7) is 2.20. The normalized spacial score (nSPS) is 10.7. The van der Waals surface area contributed by atoms with E-state index in [9.17, 15) is 0 Å². The number of hydrogen-bond acceptors (Lipinski definition) is 2. The SMILES string of the molecule is CCCCCCc1oc(Cl)nc1I. The first-order chi connectivity index (χ1) is 6.24. The van der Waals surface area contributed by atoms with Crippen LogP contribution in [0.15, 0.2) is 4.42 Å². The average molecular weight is 314 g/mol. The van der Waals surface area contributed by atoms with Gasteiger partial charge in [-0.25, -0.2) is 0 Å². The summed E-state index contributed by atoms with van der Waals surface area (Å²) in [5, 5.41) is 0.259. The molecule has 2 nitrogen and oxygen atoms in total. The van der Waals surface area contributed by atoms with Gasteiger partial charge in [0.1, 0.15) is 9.46 Å². The standard InChI is InChI=1S/C9H13ClINO/c1-2-3-4-5-6-7-8(11)12-9(10)13-7/h2-6H2,1H3. The molecule has 0 aliphatic carbocycles. The van der Waals surface area contributed by atoms with Gasteiger partial charge in [-0.05, 0) is 40.6 Å². The van der Waals surface area contributed by atoms with Crippen LogP contribution >= 0.6 is 34.2 Å². The first-order valence-corrected chi connectivity index (χ1v) is 6.00. The van der Waals surface area contributed by atoms with Crippen LogP contribution in [0.25, 0.3) is 0 Å². The van der Waals surface area contributed by atoms with Gasteiger partial charge in [0.15, 0.2) is 0 Å². The molecule has 0 N–H and O–H groups in total. The number of hydrogen-bond donors (Lipinski definition) is 0. The quantitative estimate of drug-likeness (QED) is 0.605. The average Bonchev–Trinajstić information content (AvgIpc) is 2.39. The van der Waals surface area contributed by atoms with Crippen LogP contribution in [0.4, 0.5) is 0 Å². The van der Waals surface area contributed by atoms with Gasteiger partial charge in [0.25, 0.3) is 5.35 Å². The zero-order valence-corrected chi connectivity index (χ0v) is 10.6. The van der Waals surface area contributed by atoms with E-state index in [4.69, 9.17) is 16.0 Å².